The monoisotopic (exact) mass is 382 g/mol. The van der Waals surface area contributed by atoms with Crippen molar-refractivity contribution in [2.24, 2.45) is 5.92 Å². The molecule has 2 heterocycles. The first-order valence-corrected chi connectivity index (χ1v) is 10.0. The van der Waals surface area contributed by atoms with Crippen LogP contribution >= 0.6 is 0 Å². The maximum Gasteiger partial charge on any atom is 0.257 e. The number of carbonyl (C=O) groups is 2. The summed E-state index contributed by atoms with van der Waals surface area (Å²) >= 11 is 0. The lowest BCUT2D eigenvalue weighted by atomic mass is 9.93. The Hall–Kier alpha value is -2.67. The Morgan fingerprint density at radius 2 is 2.18 bits per heavy atom. The number of rotatable bonds is 9. The van der Waals surface area contributed by atoms with E-state index in [-0.39, 0.29) is 11.7 Å². The summed E-state index contributed by atoms with van der Waals surface area (Å²) in [4.78, 5) is 32.0. The fourth-order valence-electron chi connectivity index (χ4n) is 3.45. The quantitative estimate of drug-likeness (QED) is 0.580. The zero-order valence-electron chi connectivity index (χ0n) is 15.9. The van der Waals surface area contributed by atoms with Crippen molar-refractivity contribution in [2.45, 2.75) is 38.5 Å². The maximum absolute atomic E-state index is 12.6. The summed E-state index contributed by atoms with van der Waals surface area (Å²) in [6.07, 6.45) is 8.96. The Kier molecular flexibility index (Phi) is 5.71. The highest BCUT2D eigenvalue weighted by atomic mass is 16.5. The van der Waals surface area contributed by atoms with Gasteiger partial charge in [0.2, 0.25) is 5.88 Å². The lowest BCUT2D eigenvalue weighted by Crippen LogP contribution is -2.20. The first-order chi connectivity index (χ1) is 13.7. The number of fused-ring (bicyclic) bond motifs is 1. The lowest BCUT2D eigenvalue weighted by molar-refractivity contribution is 0.0956. The van der Waals surface area contributed by atoms with E-state index in [2.05, 4.69) is 20.6 Å². The summed E-state index contributed by atoms with van der Waals surface area (Å²) in [6, 6.07) is 3.50. The predicted octanol–water partition coefficient (Wildman–Crippen LogP) is 2.95. The molecular weight excluding hydrogens is 356 g/mol. The number of carbonyl (C=O) groups excluding carboxylic acids is 2. The van der Waals surface area contributed by atoms with E-state index in [9.17, 15) is 9.59 Å². The number of anilines is 1. The van der Waals surface area contributed by atoms with Crippen molar-refractivity contribution < 1.29 is 14.3 Å². The predicted molar refractivity (Wildman–Crippen MR) is 106 cm³/mol. The van der Waals surface area contributed by atoms with E-state index < -0.39 is 0 Å². The Balaban J connectivity index is 1.25. The fourth-order valence-corrected chi connectivity index (χ4v) is 3.45. The van der Waals surface area contributed by atoms with Crippen LogP contribution in [0.15, 0.2) is 24.5 Å². The van der Waals surface area contributed by atoms with Crippen LogP contribution in [0, 0.1) is 5.92 Å². The molecule has 2 aliphatic carbocycles. The van der Waals surface area contributed by atoms with Crippen molar-refractivity contribution in [1.29, 1.82) is 0 Å². The van der Waals surface area contributed by atoms with Crippen LogP contribution in [0.2, 0.25) is 0 Å². The van der Waals surface area contributed by atoms with Crippen LogP contribution in [0.25, 0.3) is 0 Å². The third kappa shape index (κ3) is 4.59. The van der Waals surface area contributed by atoms with Crippen LogP contribution in [-0.4, -0.2) is 41.4 Å². The fraction of sp³-hybridized carbons (Fsp3) is 0.476. The molecule has 7 nitrogen and oxygen atoms in total. The van der Waals surface area contributed by atoms with E-state index in [1.54, 1.807) is 24.5 Å². The van der Waals surface area contributed by atoms with Crippen LogP contribution in [-0.2, 0) is 6.42 Å². The normalized spacial score (nSPS) is 15.9. The van der Waals surface area contributed by atoms with Crippen LogP contribution in [0.4, 0.5) is 5.69 Å². The van der Waals surface area contributed by atoms with Gasteiger partial charge in [0.1, 0.15) is 0 Å². The number of pyridine rings is 1. The molecule has 0 atom stereocenters. The molecule has 0 saturated heterocycles. The van der Waals surface area contributed by atoms with Gasteiger partial charge in [-0.2, -0.15) is 0 Å². The molecule has 0 radical (unpaired) electrons. The molecule has 0 bridgehead atoms. The molecule has 1 saturated carbocycles. The molecule has 2 aliphatic rings. The molecule has 0 unspecified atom stereocenters. The second-order valence-electron chi connectivity index (χ2n) is 7.52. The number of Topliss-reactive ketones (excluding diaryl/α,β-unsaturated/α-hetero) is 1. The van der Waals surface area contributed by atoms with Gasteiger partial charge in [-0.05, 0) is 57.2 Å². The van der Waals surface area contributed by atoms with E-state index in [1.165, 1.54) is 12.8 Å². The average Bonchev–Trinajstić information content (AvgIpc) is 3.42. The van der Waals surface area contributed by atoms with Gasteiger partial charge in [0, 0.05) is 24.4 Å². The van der Waals surface area contributed by atoms with E-state index in [4.69, 9.17) is 4.74 Å². The zero-order chi connectivity index (χ0) is 19.3. The highest BCUT2D eigenvalue weighted by Gasteiger charge is 2.26. The minimum absolute atomic E-state index is 0.0288. The molecule has 0 spiro atoms. The number of H-pyrrole nitrogens is 1. The van der Waals surface area contributed by atoms with E-state index >= 15 is 0 Å². The standard InChI is InChI=1S/C21H26N4O3/c26-18-4-1-3-17-20(18)16(13-23-17)21(27)25-15-7-8-19(24-12-15)28-10-2-9-22-11-14-5-6-14/h7-8,12-14,22-23H,1-6,9-11H2,(H,25,27). The van der Waals surface area contributed by atoms with Crippen LogP contribution in [0.5, 0.6) is 5.88 Å². The summed E-state index contributed by atoms with van der Waals surface area (Å²) in [5, 5.41) is 6.23. The van der Waals surface area contributed by atoms with Gasteiger partial charge in [0.15, 0.2) is 5.78 Å². The van der Waals surface area contributed by atoms with Gasteiger partial charge in [-0.3, -0.25) is 9.59 Å². The van der Waals surface area contributed by atoms with Crippen molar-refractivity contribution in [3.05, 3.63) is 41.3 Å². The van der Waals surface area contributed by atoms with Crippen molar-refractivity contribution in [3.63, 3.8) is 0 Å². The van der Waals surface area contributed by atoms with Crippen molar-refractivity contribution in [3.8, 4) is 5.88 Å². The average molecular weight is 382 g/mol. The molecule has 1 amide bonds. The van der Waals surface area contributed by atoms with Gasteiger partial charge >= 0.3 is 0 Å². The second-order valence-corrected chi connectivity index (χ2v) is 7.52. The summed E-state index contributed by atoms with van der Waals surface area (Å²) in [5.41, 5.74) is 2.36. The highest BCUT2D eigenvalue weighted by molar-refractivity contribution is 6.13. The number of ether oxygens (including phenoxy) is 1. The van der Waals surface area contributed by atoms with Crippen LogP contribution in [0.1, 0.15) is 58.5 Å². The molecule has 2 aromatic rings. The van der Waals surface area contributed by atoms with Gasteiger partial charge in [-0.25, -0.2) is 4.98 Å². The first-order valence-electron chi connectivity index (χ1n) is 10.0. The number of nitrogens with one attached hydrogen (secondary N) is 3. The number of ketones is 1. The third-order valence-corrected chi connectivity index (χ3v) is 5.19. The molecule has 3 N–H and O–H groups in total. The van der Waals surface area contributed by atoms with Crippen molar-refractivity contribution >= 4 is 17.4 Å². The summed E-state index contributed by atoms with van der Waals surface area (Å²) in [5.74, 6) is 1.15. The number of amides is 1. The SMILES string of the molecule is O=C(Nc1ccc(OCCCNCC2CC2)nc1)c1c[nH]c2c1C(=O)CCC2. The molecule has 4 rings (SSSR count). The third-order valence-electron chi connectivity index (χ3n) is 5.19. The molecule has 0 aliphatic heterocycles. The number of aromatic nitrogens is 2. The number of aromatic amines is 1. The topological polar surface area (TPSA) is 96.1 Å². The van der Waals surface area contributed by atoms with E-state index in [0.717, 1.165) is 44.0 Å². The minimum atomic E-state index is -0.301. The summed E-state index contributed by atoms with van der Waals surface area (Å²) in [7, 11) is 0. The lowest BCUT2D eigenvalue weighted by Gasteiger charge is -2.12. The van der Waals surface area contributed by atoms with E-state index in [1.807, 2.05) is 0 Å². The van der Waals surface area contributed by atoms with Crippen molar-refractivity contribution in [1.82, 2.24) is 15.3 Å². The molecule has 148 valence electrons. The van der Waals surface area contributed by atoms with Gasteiger partial charge in [0.05, 0.1) is 29.6 Å². The number of aryl methyl sites for hydroxylation is 1. The first kappa shape index (κ1) is 18.7. The maximum atomic E-state index is 12.6. The van der Waals surface area contributed by atoms with Gasteiger partial charge in [-0.1, -0.05) is 0 Å². The summed E-state index contributed by atoms with van der Waals surface area (Å²) < 4.78 is 5.64. The number of hydrogen-bond acceptors (Lipinski definition) is 5. The molecule has 0 aromatic carbocycles. The highest BCUT2D eigenvalue weighted by Crippen LogP contribution is 2.27. The number of hydrogen-bond donors (Lipinski definition) is 3. The largest absolute Gasteiger partial charge is 0.478 e. The Labute approximate surface area is 164 Å². The van der Waals surface area contributed by atoms with Crippen LogP contribution in [0.3, 0.4) is 0 Å². The molecular formula is C21H26N4O3. The molecule has 1 fully saturated rings. The van der Waals surface area contributed by atoms with E-state index in [0.29, 0.717) is 35.7 Å². The summed E-state index contributed by atoms with van der Waals surface area (Å²) in [6.45, 7) is 2.67. The van der Waals surface area contributed by atoms with Crippen molar-refractivity contribution in [2.75, 3.05) is 25.0 Å². The smallest absolute Gasteiger partial charge is 0.257 e. The second kappa shape index (κ2) is 8.56. The molecule has 28 heavy (non-hydrogen) atoms. The van der Waals surface area contributed by atoms with Crippen LogP contribution < -0.4 is 15.4 Å². The Morgan fingerprint density at radius 3 is 2.96 bits per heavy atom. The Morgan fingerprint density at radius 1 is 1.29 bits per heavy atom. The molecule has 2 aromatic heterocycles. The molecule has 7 heteroatoms. The zero-order valence-corrected chi connectivity index (χ0v) is 15.9. The Bertz CT molecular complexity index is 840. The van der Waals surface area contributed by atoms with Gasteiger partial charge in [-0.15, -0.1) is 0 Å². The minimum Gasteiger partial charge on any atom is -0.478 e. The van der Waals surface area contributed by atoms with Gasteiger partial charge in [0.25, 0.3) is 5.91 Å². The van der Waals surface area contributed by atoms with Gasteiger partial charge < -0.3 is 20.4 Å². The number of nitrogens with zero attached hydrogens (tertiary/aromatic N) is 1.